The first-order valence-corrected chi connectivity index (χ1v) is 4.90. The van der Waals surface area contributed by atoms with Gasteiger partial charge in [0, 0.05) is 6.04 Å². The molecule has 76 valence electrons. The summed E-state index contributed by atoms with van der Waals surface area (Å²) >= 11 is 0. The molecule has 1 aromatic rings. The molecule has 1 saturated heterocycles. The SMILES string of the molecule is Fc1ccc(COCC2CCN2)cc1. The molecule has 2 nitrogen and oxygen atoms in total. The Morgan fingerprint density at radius 2 is 2.07 bits per heavy atom. The van der Waals surface area contributed by atoms with E-state index < -0.39 is 0 Å². The van der Waals surface area contributed by atoms with Gasteiger partial charge in [-0.25, -0.2) is 4.39 Å². The third-order valence-electron chi connectivity index (χ3n) is 2.43. The molecule has 0 saturated carbocycles. The van der Waals surface area contributed by atoms with Crippen molar-refractivity contribution in [2.24, 2.45) is 0 Å². The summed E-state index contributed by atoms with van der Waals surface area (Å²) in [5.41, 5.74) is 1.02. The van der Waals surface area contributed by atoms with Gasteiger partial charge in [0.15, 0.2) is 0 Å². The van der Waals surface area contributed by atoms with Crippen LogP contribution in [0, 0.1) is 5.82 Å². The summed E-state index contributed by atoms with van der Waals surface area (Å²) in [4.78, 5) is 0. The smallest absolute Gasteiger partial charge is 0.123 e. The van der Waals surface area contributed by atoms with Gasteiger partial charge in [-0.2, -0.15) is 0 Å². The molecule has 0 amide bonds. The molecule has 0 aromatic heterocycles. The Bertz CT molecular complexity index is 282. The van der Waals surface area contributed by atoms with Crippen LogP contribution in [0.2, 0.25) is 0 Å². The highest BCUT2D eigenvalue weighted by Crippen LogP contribution is 2.06. The first-order valence-electron chi connectivity index (χ1n) is 4.90. The van der Waals surface area contributed by atoms with Crippen LogP contribution in [0.4, 0.5) is 4.39 Å². The van der Waals surface area contributed by atoms with Crippen molar-refractivity contribution < 1.29 is 9.13 Å². The average Bonchev–Trinajstić information content (AvgIpc) is 2.12. The van der Waals surface area contributed by atoms with Crippen LogP contribution in [0.15, 0.2) is 24.3 Å². The lowest BCUT2D eigenvalue weighted by atomic mass is 10.1. The predicted molar refractivity (Wildman–Crippen MR) is 52.5 cm³/mol. The van der Waals surface area contributed by atoms with Gasteiger partial charge in [-0.05, 0) is 30.7 Å². The molecule has 3 heteroatoms. The monoisotopic (exact) mass is 195 g/mol. The Hall–Kier alpha value is -0.930. The molecule has 1 N–H and O–H groups in total. The molecule has 1 unspecified atom stereocenters. The van der Waals surface area contributed by atoms with Crippen LogP contribution in [0.3, 0.4) is 0 Å². The van der Waals surface area contributed by atoms with Gasteiger partial charge in [0.25, 0.3) is 0 Å². The van der Waals surface area contributed by atoms with Crippen LogP contribution in [-0.2, 0) is 11.3 Å². The van der Waals surface area contributed by atoms with E-state index in [9.17, 15) is 4.39 Å². The van der Waals surface area contributed by atoms with Gasteiger partial charge in [0.2, 0.25) is 0 Å². The predicted octanol–water partition coefficient (Wildman–Crippen LogP) is 1.70. The molecule has 0 spiro atoms. The second kappa shape index (κ2) is 4.53. The van der Waals surface area contributed by atoms with E-state index in [0.29, 0.717) is 12.6 Å². The van der Waals surface area contributed by atoms with E-state index in [1.807, 2.05) is 0 Å². The Morgan fingerprint density at radius 1 is 1.36 bits per heavy atom. The van der Waals surface area contributed by atoms with Crippen molar-refractivity contribution in [1.29, 1.82) is 0 Å². The minimum absolute atomic E-state index is 0.200. The van der Waals surface area contributed by atoms with Crippen LogP contribution in [0.5, 0.6) is 0 Å². The number of hydrogen-bond donors (Lipinski definition) is 1. The highest BCUT2D eigenvalue weighted by atomic mass is 19.1. The lowest BCUT2D eigenvalue weighted by Gasteiger charge is -2.27. The van der Waals surface area contributed by atoms with E-state index in [2.05, 4.69) is 5.32 Å². The van der Waals surface area contributed by atoms with Gasteiger partial charge in [-0.15, -0.1) is 0 Å². The molecule has 0 bridgehead atoms. The van der Waals surface area contributed by atoms with Crippen molar-refractivity contribution in [2.75, 3.05) is 13.2 Å². The second-order valence-electron chi connectivity index (χ2n) is 3.58. The van der Waals surface area contributed by atoms with Crippen molar-refractivity contribution in [3.05, 3.63) is 35.6 Å². The van der Waals surface area contributed by atoms with E-state index in [1.54, 1.807) is 12.1 Å². The summed E-state index contributed by atoms with van der Waals surface area (Å²) in [6, 6.07) is 6.95. The van der Waals surface area contributed by atoms with Crippen molar-refractivity contribution in [2.45, 2.75) is 19.1 Å². The lowest BCUT2D eigenvalue weighted by Crippen LogP contribution is -2.45. The highest BCUT2D eigenvalue weighted by molar-refractivity contribution is 5.14. The van der Waals surface area contributed by atoms with E-state index in [4.69, 9.17) is 4.74 Å². The molecule has 1 atom stereocenters. The molecule has 1 heterocycles. The first kappa shape index (κ1) is 9.62. The number of halogens is 1. The number of hydrogen-bond acceptors (Lipinski definition) is 2. The van der Waals surface area contributed by atoms with Gasteiger partial charge in [-0.1, -0.05) is 12.1 Å². The number of benzene rings is 1. The zero-order valence-corrected chi connectivity index (χ0v) is 8.00. The van der Waals surface area contributed by atoms with Gasteiger partial charge >= 0.3 is 0 Å². The maximum absolute atomic E-state index is 12.5. The number of ether oxygens (including phenoxy) is 1. The van der Waals surface area contributed by atoms with Gasteiger partial charge < -0.3 is 10.1 Å². The third-order valence-corrected chi connectivity index (χ3v) is 2.43. The Morgan fingerprint density at radius 3 is 2.64 bits per heavy atom. The fourth-order valence-corrected chi connectivity index (χ4v) is 1.39. The Labute approximate surface area is 83.1 Å². The molecule has 1 fully saturated rings. The van der Waals surface area contributed by atoms with Crippen LogP contribution in [-0.4, -0.2) is 19.2 Å². The van der Waals surface area contributed by atoms with Crippen molar-refractivity contribution in [1.82, 2.24) is 5.32 Å². The standard InChI is InChI=1S/C11H14FNO/c12-10-3-1-9(2-4-10)7-14-8-11-5-6-13-11/h1-4,11,13H,5-8H2. The maximum atomic E-state index is 12.5. The second-order valence-corrected chi connectivity index (χ2v) is 3.58. The van der Waals surface area contributed by atoms with Crippen LogP contribution in [0.1, 0.15) is 12.0 Å². The minimum atomic E-state index is -0.200. The van der Waals surface area contributed by atoms with Crippen LogP contribution in [0.25, 0.3) is 0 Å². The molecule has 14 heavy (non-hydrogen) atoms. The fraction of sp³-hybridized carbons (Fsp3) is 0.455. The molecular formula is C11H14FNO. The van der Waals surface area contributed by atoms with Gasteiger partial charge in [-0.3, -0.25) is 0 Å². The summed E-state index contributed by atoms with van der Waals surface area (Å²) in [6.07, 6.45) is 1.20. The van der Waals surface area contributed by atoms with E-state index >= 15 is 0 Å². The maximum Gasteiger partial charge on any atom is 0.123 e. The largest absolute Gasteiger partial charge is 0.375 e. The zero-order chi connectivity index (χ0) is 9.80. The number of rotatable bonds is 4. The van der Waals surface area contributed by atoms with E-state index in [0.717, 1.165) is 18.7 Å². The van der Waals surface area contributed by atoms with Crippen molar-refractivity contribution in [3.63, 3.8) is 0 Å². The summed E-state index contributed by atoms with van der Waals surface area (Å²) in [7, 11) is 0. The van der Waals surface area contributed by atoms with E-state index in [-0.39, 0.29) is 5.82 Å². The molecule has 1 aromatic carbocycles. The molecule has 0 radical (unpaired) electrons. The fourth-order valence-electron chi connectivity index (χ4n) is 1.39. The lowest BCUT2D eigenvalue weighted by molar-refractivity contribution is 0.0807. The summed E-state index contributed by atoms with van der Waals surface area (Å²) in [5.74, 6) is -0.200. The minimum Gasteiger partial charge on any atom is -0.375 e. The number of nitrogens with one attached hydrogen (secondary N) is 1. The van der Waals surface area contributed by atoms with E-state index in [1.165, 1.54) is 18.6 Å². The van der Waals surface area contributed by atoms with Gasteiger partial charge in [0.05, 0.1) is 13.2 Å². The molecule has 0 aliphatic carbocycles. The van der Waals surface area contributed by atoms with Crippen molar-refractivity contribution >= 4 is 0 Å². The summed E-state index contributed by atoms with van der Waals surface area (Å²) < 4.78 is 18.0. The molecule has 1 aliphatic heterocycles. The molecule has 1 aliphatic rings. The average molecular weight is 195 g/mol. The normalized spacial score (nSPS) is 20.5. The first-order chi connectivity index (χ1) is 6.84. The van der Waals surface area contributed by atoms with Gasteiger partial charge in [0.1, 0.15) is 5.82 Å². The Balaban J connectivity index is 1.71. The summed E-state index contributed by atoms with van der Waals surface area (Å²) in [5, 5.41) is 3.26. The molecular weight excluding hydrogens is 181 g/mol. The zero-order valence-electron chi connectivity index (χ0n) is 8.00. The molecule has 2 rings (SSSR count). The Kier molecular flexibility index (Phi) is 3.11. The van der Waals surface area contributed by atoms with Crippen LogP contribution >= 0.6 is 0 Å². The quantitative estimate of drug-likeness (QED) is 0.789. The third kappa shape index (κ3) is 2.53. The summed E-state index contributed by atoms with van der Waals surface area (Å²) in [6.45, 7) is 2.42. The highest BCUT2D eigenvalue weighted by Gasteiger charge is 2.15. The van der Waals surface area contributed by atoms with Crippen LogP contribution < -0.4 is 5.32 Å². The van der Waals surface area contributed by atoms with Crippen molar-refractivity contribution in [3.8, 4) is 0 Å². The topological polar surface area (TPSA) is 21.3 Å².